The molecule has 148 valence electrons. The highest BCUT2D eigenvalue weighted by molar-refractivity contribution is 14.0. The van der Waals surface area contributed by atoms with Crippen molar-refractivity contribution in [2.45, 2.75) is 11.4 Å². The number of guanidine groups is 1. The molecular formula is C18H25IN4O3S. The summed E-state index contributed by atoms with van der Waals surface area (Å²) in [6, 6.07) is 16.0. The fourth-order valence-corrected chi connectivity index (χ4v) is 3.29. The number of methoxy groups -OCH3 is 1. The SMILES string of the molecule is CN=C(NCCNS(=O)(=O)c1ccccc1)NCc1cccc(OC)c1.I. The topological polar surface area (TPSA) is 91.8 Å². The van der Waals surface area contributed by atoms with Gasteiger partial charge in [0, 0.05) is 26.7 Å². The van der Waals surface area contributed by atoms with E-state index < -0.39 is 10.0 Å². The van der Waals surface area contributed by atoms with Crippen LogP contribution in [0.15, 0.2) is 64.5 Å². The summed E-state index contributed by atoms with van der Waals surface area (Å²) in [4.78, 5) is 4.37. The van der Waals surface area contributed by atoms with Gasteiger partial charge in [0.1, 0.15) is 5.75 Å². The van der Waals surface area contributed by atoms with Crippen LogP contribution in [0.2, 0.25) is 0 Å². The van der Waals surface area contributed by atoms with E-state index >= 15 is 0 Å². The molecular weight excluding hydrogens is 479 g/mol. The highest BCUT2D eigenvalue weighted by Crippen LogP contribution is 2.12. The Morgan fingerprint density at radius 2 is 1.78 bits per heavy atom. The van der Waals surface area contributed by atoms with Crippen LogP contribution in [0.4, 0.5) is 0 Å². The molecule has 0 radical (unpaired) electrons. The van der Waals surface area contributed by atoms with E-state index in [1.165, 1.54) is 0 Å². The van der Waals surface area contributed by atoms with Crippen LogP contribution < -0.4 is 20.1 Å². The van der Waals surface area contributed by atoms with Gasteiger partial charge in [-0.3, -0.25) is 4.99 Å². The van der Waals surface area contributed by atoms with Gasteiger partial charge in [0.05, 0.1) is 12.0 Å². The average molecular weight is 504 g/mol. The molecule has 3 N–H and O–H groups in total. The maximum atomic E-state index is 12.1. The molecule has 0 unspecified atom stereocenters. The molecule has 7 nitrogen and oxygen atoms in total. The molecule has 9 heteroatoms. The summed E-state index contributed by atoms with van der Waals surface area (Å²) >= 11 is 0. The Morgan fingerprint density at radius 1 is 1.04 bits per heavy atom. The second kappa shape index (κ2) is 11.8. The van der Waals surface area contributed by atoms with Gasteiger partial charge in [-0.05, 0) is 29.8 Å². The number of halogens is 1. The molecule has 0 amide bonds. The number of rotatable bonds is 8. The van der Waals surface area contributed by atoms with Crippen molar-refractivity contribution in [3.63, 3.8) is 0 Å². The molecule has 0 saturated carbocycles. The Kier molecular flexibility index (Phi) is 10.1. The molecule has 0 atom stereocenters. The van der Waals surface area contributed by atoms with E-state index in [1.807, 2.05) is 24.3 Å². The largest absolute Gasteiger partial charge is 0.497 e. The van der Waals surface area contributed by atoms with E-state index in [9.17, 15) is 8.42 Å². The molecule has 0 fully saturated rings. The van der Waals surface area contributed by atoms with E-state index in [0.717, 1.165) is 11.3 Å². The third kappa shape index (κ3) is 7.73. The first-order valence-electron chi connectivity index (χ1n) is 8.17. The summed E-state index contributed by atoms with van der Waals surface area (Å²) in [5.74, 6) is 1.38. The predicted molar refractivity (Wildman–Crippen MR) is 118 cm³/mol. The van der Waals surface area contributed by atoms with E-state index in [-0.39, 0.29) is 35.4 Å². The van der Waals surface area contributed by atoms with Crippen LogP contribution >= 0.6 is 24.0 Å². The molecule has 0 heterocycles. The maximum absolute atomic E-state index is 12.1. The number of aliphatic imine (C=N–C) groups is 1. The Morgan fingerprint density at radius 3 is 2.44 bits per heavy atom. The first kappa shape index (κ1) is 23.2. The molecule has 0 saturated heterocycles. The normalized spacial score (nSPS) is 11.4. The monoisotopic (exact) mass is 504 g/mol. The maximum Gasteiger partial charge on any atom is 0.240 e. The van der Waals surface area contributed by atoms with Crippen LogP contribution in [0.25, 0.3) is 0 Å². The number of benzene rings is 2. The van der Waals surface area contributed by atoms with Gasteiger partial charge in [-0.25, -0.2) is 13.1 Å². The van der Waals surface area contributed by atoms with E-state index in [2.05, 4.69) is 20.3 Å². The second-order valence-corrected chi connectivity index (χ2v) is 7.18. The van der Waals surface area contributed by atoms with Crippen LogP contribution in [-0.4, -0.2) is 41.6 Å². The van der Waals surface area contributed by atoms with Gasteiger partial charge in [-0.15, -0.1) is 24.0 Å². The number of ether oxygens (including phenoxy) is 1. The van der Waals surface area contributed by atoms with Crippen LogP contribution in [0.5, 0.6) is 5.75 Å². The fourth-order valence-electron chi connectivity index (χ4n) is 2.24. The smallest absolute Gasteiger partial charge is 0.240 e. The lowest BCUT2D eigenvalue weighted by Gasteiger charge is -2.13. The second-order valence-electron chi connectivity index (χ2n) is 5.41. The van der Waals surface area contributed by atoms with Crippen LogP contribution in [0.3, 0.4) is 0 Å². The van der Waals surface area contributed by atoms with Crippen molar-refractivity contribution >= 4 is 40.0 Å². The molecule has 0 spiro atoms. The van der Waals surface area contributed by atoms with Crippen LogP contribution in [0, 0.1) is 0 Å². The minimum Gasteiger partial charge on any atom is -0.497 e. The summed E-state index contributed by atoms with van der Waals surface area (Å²) in [5.41, 5.74) is 1.05. The minimum absolute atomic E-state index is 0. The molecule has 2 aromatic carbocycles. The molecule has 2 rings (SSSR count). The summed E-state index contributed by atoms with van der Waals surface area (Å²) in [6.45, 7) is 1.23. The summed E-state index contributed by atoms with van der Waals surface area (Å²) in [6.07, 6.45) is 0. The summed E-state index contributed by atoms with van der Waals surface area (Å²) < 4.78 is 32.0. The van der Waals surface area contributed by atoms with Crippen molar-refractivity contribution in [1.82, 2.24) is 15.4 Å². The van der Waals surface area contributed by atoms with E-state index in [0.29, 0.717) is 19.0 Å². The number of hydrogen-bond donors (Lipinski definition) is 3. The van der Waals surface area contributed by atoms with Crippen LogP contribution in [0.1, 0.15) is 5.56 Å². The van der Waals surface area contributed by atoms with E-state index in [1.54, 1.807) is 44.5 Å². The van der Waals surface area contributed by atoms with Gasteiger partial charge in [0.25, 0.3) is 0 Å². The highest BCUT2D eigenvalue weighted by atomic mass is 127. The van der Waals surface area contributed by atoms with Gasteiger partial charge >= 0.3 is 0 Å². The van der Waals surface area contributed by atoms with Gasteiger partial charge in [-0.2, -0.15) is 0 Å². The number of nitrogens with zero attached hydrogens (tertiary/aromatic N) is 1. The first-order valence-corrected chi connectivity index (χ1v) is 9.65. The van der Waals surface area contributed by atoms with Crippen molar-refractivity contribution in [3.05, 3.63) is 60.2 Å². The van der Waals surface area contributed by atoms with Gasteiger partial charge in [-0.1, -0.05) is 30.3 Å². The zero-order valence-electron chi connectivity index (χ0n) is 15.3. The standard InChI is InChI=1S/C18H24N4O3S.HI/c1-19-18(21-14-15-7-6-8-16(13-15)25-2)20-11-12-22-26(23,24)17-9-4-3-5-10-17;/h3-10,13,22H,11-12,14H2,1-2H3,(H2,19,20,21);1H. The zero-order valence-corrected chi connectivity index (χ0v) is 18.5. The van der Waals surface area contributed by atoms with Gasteiger partial charge in [0.2, 0.25) is 10.0 Å². The number of sulfonamides is 1. The molecule has 0 aliphatic heterocycles. The molecule has 27 heavy (non-hydrogen) atoms. The lowest BCUT2D eigenvalue weighted by molar-refractivity contribution is 0.414. The molecule has 2 aromatic rings. The Labute approximate surface area is 177 Å². The summed E-state index contributed by atoms with van der Waals surface area (Å²) in [7, 11) is -0.202. The highest BCUT2D eigenvalue weighted by Gasteiger charge is 2.12. The van der Waals surface area contributed by atoms with Crippen molar-refractivity contribution in [3.8, 4) is 5.75 Å². The van der Waals surface area contributed by atoms with Crippen molar-refractivity contribution in [2.24, 2.45) is 4.99 Å². The third-order valence-corrected chi connectivity index (χ3v) is 5.06. The molecule has 0 bridgehead atoms. The quantitative estimate of drug-likeness (QED) is 0.221. The van der Waals surface area contributed by atoms with Crippen molar-refractivity contribution in [2.75, 3.05) is 27.2 Å². The lowest BCUT2D eigenvalue weighted by atomic mass is 10.2. The number of hydrogen-bond acceptors (Lipinski definition) is 4. The Hall–Kier alpha value is -1.85. The summed E-state index contributed by atoms with van der Waals surface area (Å²) in [5, 5.41) is 6.25. The van der Waals surface area contributed by atoms with E-state index in [4.69, 9.17) is 4.74 Å². The van der Waals surface area contributed by atoms with Crippen molar-refractivity contribution < 1.29 is 13.2 Å². The minimum atomic E-state index is -3.49. The fraction of sp³-hybridized carbons (Fsp3) is 0.278. The van der Waals surface area contributed by atoms with Crippen molar-refractivity contribution in [1.29, 1.82) is 0 Å². The zero-order chi connectivity index (χ0) is 18.8. The third-order valence-electron chi connectivity index (χ3n) is 3.58. The van der Waals surface area contributed by atoms with Crippen LogP contribution in [-0.2, 0) is 16.6 Å². The lowest BCUT2D eigenvalue weighted by Crippen LogP contribution is -2.41. The molecule has 0 aliphatic rings. The predicted octanol–water partition coefficient (Wildman–Crippen LogP) is 1.96. The average Bonchev–Trinajstić information content (AvgIpc) is 2.68. The Bertz CT molecular complexity index is 830. The molecule has 0 aliphatic carbocycles. The number of nitrogens with one attached hydrogen (secondary N) is 3. The first-order chi connectivity index (χ1) is 12.5. The van der Waals surface area contributed by atoms with Gasteiger partial charge < -0.3 is 15.4 Å². The molecule has 0 aromatic heterocycles. The Balaban J connectivity index is 0.00000364. The van der Waals surface area contributed by atoms with Gasteiger partial charge in [0.15, 0.2) is 5.96 Å².